The van der Waals surface area contributed by atoms with Crippen molar-refractivity contribution in [3.05, 3.63) is 21.4 Å². The monoisotopic (exact) mass is 369 g/mol. The molecule has 0 unspecified atom stereocenters. The number of methoxy groups -OCH3 is 1. The predicted molar refractivity (Wildman–Crippen MR) is 93.8 cm³/mol. The Balaban J connectivity index is 1.98. The number of hydrogen-bond donors (Lipinski definition) is 2. The second-order valence-electron chi connectivity index (χ2n) is 5.44. The van der Waals surface area contributed by atoms with E-state index in [-0.39, 0.29) is 17.3 Å². The molecule has 0 bridgehead atoms. The van der Waals surface area contributed by atoms with E-state index in [0.29, 0.717) is 16.2 Å². The number of aromatic nitrogens is 4. The van der Waals surface area contributed by atoms with Crippen molar-refractivity contribution in [3.8, 4) is 5.88 Å². The maximum absolute atomic E-state index is 12.2. The lowest BCUT2D eigenvalue weighted by Crippen LogP contribution is -2.23. The maximum atomic E-state index is 12.2. The van der Waals surface area contributed by atoms with Crippen molar-refractivity contribution in [2.24, 2.45) is 5.92 Å². The molecule has 10 heteroatoms. The van der Waals surface area contributed by atoms with Crippen LogP contribution < -0.4 is 15.6 Å². The number of nitrogens with one attached hydrogen (secondary N) is 2. The van der Waals surface area contributed by atoms with Crippen LogP contribution in [-0.2, 0) is 11.2 Å². The number of anilines is 1. The second kappa shape index (κ2) is 8.25. The van der Waals surface area contributed by atoms with Crippen LogP contribution >= 0.6 is 23.1 Å². The summed E-state index contributed by atoms with van der Waals surface area (Å²) in [4.78, 5) is 30.4. The zero-order valence-corrected chi connectivity index (χ0v) is 15.5. The van der Waals surface area contributed by atoms with Crippen molar-refractivity contribution >= 4 is 34.1 Å². The van der Waals surface area contributed by atoms with Gasteiger partial charge in [0.25, 0.3) is 5.56 Å². The highest BCUT2D eigenvalue weighted by Gasteiger charge is 2.18. The highest BCUT2D eigenvalue weighted by atomic mass is 32.2. The summed E-state index contributed by atoms with van der Waals surface area (Å²) in [7, 11) is 1.43. The van der Waals surface area contributed by atoms with Crippen LogP contribution in [-0.4, -0.2) is 38.4 Å². The number of thioether (sulfide) groups is 1. The third-order valence-corrected chi connectivity index (χ3v) is 4.69. The van der Waals surface area contributed by atoms with E-state index in [0.717, 1.165) is 23.2 Å². The van der Waals surface area contributed by atoms with Crippen molar-refractivity contribution < 1.29 is 9.53 Å². The standard InChI is InChI=1S/C14H19N5O3S2/c1-7(2)5-11-18-19-14(24-11)17-12(21)8(3)23-13-15-9(20)6-10(16-13)22-4/h6-8H,5H2,1-4H3,(H,15,16,20)(H,17,19,21)/t8-/m0/s1. The number of carbonyl (C=O) groups excluding carboxylic acids is 1. The number of rotatable bonds is 7. The lowest BCUT2D eigenvalue weighted by atomic mass is 10.1. The van der Waals surface area contributed by atoms with Gasteiger partial charge < -0.3 is 9.72 Å². The molecule has 2 aromatic rings. The minimum absolute atomic E-state index is 0.205. The Morgan fingerprint density at radius 3 is 2.83 bits per heavy atom. The van der Waals surface area contributed by atoms with Gasteiger partial charge in [0.15, 0.2) is 5.16 Å². The van der Waals surface area contributed by atoms with Crippen LogP contribution in [0.4, 0.5) is 5.13 Å². The lowest BCUT2D eigenvalue weighted by molar-refractivity contribution is -0.115. The summed E-state index contributed by atoms with van der Waals surface area (Å²) in [5.74, 6) is 0.445. The zero-order valence-electron chi connectivity index (χ0n) is 13.8. The molecule has 8 nitrogen and oxygen atoms in total. The molecule has 130 valence electrons. The molecular formula is C14H19N5O3S2. The first-order valence-electron chi connectivity index (χ1n) is 7.32. The number of ether oxygens (including phenoxy) is 1. The zero-order chi connectivity index (χ0) is 17.7. The Kier molecular flexibility index (Phi) is 6.32. The fraction of sp³-hybridized carbons (Fsp3) is 0.500. The normalized spacial score (nSPS) is 12.2. The van der Waals surface area contributed by atoms with Crippen molar-refractivity contribution in [2.45, 2.75) is 37.6 Å². The van der Waals surface area contributed by atoms with Crippen LogP contribution in [0, 0.1) is 5.92 Å². The van der Waals surface area contributed by atoms with Crippen LogP contribution in [0.5, 0.6) is 5.88 Å². The Bertz CT molecular complexity index is 759. The number of hydrogen-bond acceptors (Lipinski definition) is 8. The molecule has 0 radical (unpaired) electrons. The second-order valence-corrected chi connectivity index (χ2v) is 7.83. The topological polar surface area (TPSA) is 110 Å². The first-order valence-corrected chi connectivity index (χ1v) is 9.02. The van der Waals surface area contributed by atoms with Crippen LogP contribution in [0.15, 0.2) is 16.0 Å². The first-order chi connectivity index (χ1) is 11.4. The van der Waals surface area contributed by atoms with Gasteiger partial charge in [-0.2, -0.15) is 4.98 Å². The smallest absolute Gasteiger partial charge is 0.255 e. The number of aromatic amines is 1. The molecule has 0 saturated carbocycles. The van der Waals surface area contributed by atoms with Gasteiger partial charge in [0.05, 0.1) is 18.4 Å². The fourth-order valence-corrected chi connectivity index (χ4v) is 3.50. The average Bonchev–Trinajstić information content (AvgIpc) is 2.92. The molecule has 0 aromatic carbocycles. The number of nitrogens with zero attached hydrogens (tertiary/aromatic N) is 3. The summed E-state index contributed by atoms with van der Waals surface area (Å²) in [6.45, 7) is 5.91. The molecule has 2 rings (SSSR count). The Morgan fingerprint density at radius 1 is 1.42 bits per heavy atom. The van der Waals surface area contributed by atoms with Crippen LogP contribution in [0.25, 0.3) is 0 Å². The van der Waals surface area contributed by atoms with Gasteiger partial charge >= 0.3 is 0 Å². The molecule has 0 aliphatic rings. The Morgan fingerprint density at radius 2 is 2.17 bits per heavy atom. The molecule has 2 aromatic heterocycles. The highest BCUT2D eigenvalue weighted by Crippen LogP contribution is 2.23. The molecule has 2 heterocycles. The fourth-order valence-electron chi connectivity index (χ4n) is 1.74. The summed E-state index contributed by atoms with van der Waals surface area (Å²) >= 11 is 2.49. The molecule has 2 N–H and O–H groups in total. The van der Waals surface area contributed by atoms with E-state index in [2.05, 4.69) is 39.3 Å². The van der Waals surface area contributed by atoms with Crippen LogP contribution in [0.2, 0.25) is 0 Å². The third kappa shape index (κ3) is 5.31. The molecule has 0 fully saturated rings. The molecular weight excluding hydrogens is 350 g/mol. The minimum atomic E-state index is -0.474. The largest absolute Gasteiger partial charge is 0.481 e. The minimum Gasteiger partial charge on any atom is -0.481 e. The molecule has 0 aliphatic heterocycles. The van der Waals surface area contributed by atoms with Gasteiger partial charge in [-0.15, -0.1) is 10.2 Å². The van der Waals surface area contributed by atoms with Gasteiger partial charge in [0, 0.05) is 6.42 Å². The van der Waals surface area contributed by atoms with Gasteiger partial charge in [-0.1, -0.05) is 36.9 Å². The van der Waals surface area contributed by atoms with E-state index in [9.17, 15) is 9.59 Å². The summed E-state index contributed by atoms with van der Waals surface area (Å²) in [5, 5.41) is 12.0. The van der Waals surface area contributed by atoms with Gasteiger partial charge in [-0.3, -0.25) is 14.9 Å². The predicted octanol–water partition coefficient (Wildman–Crippen LogP) is 1.95. The van der Waals surface area contributed by atoms with Gasteiger partial charge in [0.2, 0.25) is 16.9 Å². The third-order valence-electron chi connectivity index (χ3n) is 2.84. The van der Waals surface area contributed by atoms with Crippen LogP contribution in [0.3, 0.4) is 0 Å². The van der Waals surface area contributed by atoms with Crippen molar-refractivity contribution in [2.75, 3.05) is 12.4 Å². The van der Waals surface area contributed by atoms with Crippen molar-refractivity contribution in [1.82, 2.24) is 20.2 Å². The van der Waals surface area contributed by atoms with E-state index in [1.165, 1.54) is 24.5 Å². The first kappa shape index (κ1) is 18.4. The van der Waals surface area contributed by atoms with E-state index in [1.807, 2.05) is 0 Å². The lowest BCUT2D eigenvalue weighted by Gasteiger charge is -2.09. The van der Waals surface area contributed by atoms with Crippen LogP contribution in [0.1, 0.15) is 25.8 Å². The molecule has 24 heavy (non-hydrogen) atoms. The molecule has 0 spiro atoms. The summed E-state index contributed by atoms with van der Waals surface area (Å²) in [6.07, 6.45) is 0.826. The van der Waals surface area contributed by atoms with E-state index in [4.69, 9.17) is 4.74 Å². The number of amides is 1. The van der Waals surface area contributed by atoms with Crippen molar-refractivity contribution in [3.63, 3.8) is 0 Å². The molecule has 0 saturated heterocycles. The number of H-pyrrole nitrogens is 1. The summed E-state index contributed by atoms with van der Waals surface area (Å²) in [6, 6.07) is 1.24. The quantitative estimate of drug-likeness (QED) is 0.567. The maximum Gasteiger partial charge on any atom is 0.255 e. The van der Waals surface area contributed by atoms with Crippen molar-refractivity contribution in [1.29, 1.82) is 0 Å². The highest BCUT2D eigenvalue weighted by molar-refractivity contribution is 8.00. The van der Waals surface area contributed by atoms with E-state index >= 15 is 0 Å². The Hall–Kier alpha value is -1.94. The summed E-state index contributed by atoms with van der Waals surface area (Å²) in [5.41, 5.74) is -0.334. The van der Waals surface area contributed by atoms with Gasteiger partial charge in [0.1, 0.15) is 5.01 Å². The van der Waals surface area contributed by atoms with E-state index < -0.39 is 5.25 Å². The number of carbonyl (C=O) groups is 1. The SMILES string of the molecule is COc1cc(=O)[nH]c(S[C@@H](C)C(=O)Nc2nnc(CC(C)C)s2)n1. The van der Waals surface area contributed by atoms with Gasteiger partial charge in [-0.05, 0) is 12.8 Å². The average molecular weight is 369 g/mol. The molecule has 1 amide bonds. The molecule has 1 atom stereocenters. The van der Waals surface area contributed by atoms with E-state index in [1.54, 1.807) is 6.92 Å². The Labute approximate surface area is 147 Å². The van der Waals surface area contributed by atoms with Gasteiger partial charge in [-0.25, -0.2) is 0 Å². The molecule has 0 aliphatic carbocycles. The summed E-state index contributed by atoms with van der Waals surface area (Å²) < 4.78 is 4.95.